The van der Waals surface area contributed by atoms with Gasteiger partial charge in [0, 0.05) is 0 Å². The molecular weight excluding hydrogens is 314 g/mol. The fourth-order valence-corrected chi connectivity index (χ4v) is 2.94. The molecule has 0 bridgehead atoms. The molecular formula is C13H17NO7S. The Labute approximate surface area is 127 Å². The van der Waals surface area contributed by atoms with E-state index < -0.39 is 33.4 Å². The van der Waals surface area contributed by atoms with Gasteiger partial charge >= 0.3 is 11.9 Å². The van der Waals surface area contributed by atoms with E-state index in [9.17, 15) is 18.0 Å². The molecule has 0 saturated carbocycles. The van der Waals surface area contributed by atoms with E-state index in [1.54, 1.807) is 0 Å². The first-order valence-corrected chi connectivity index (χ1v) is 7.63. The summed E-state index contributed by atoms with van der Waals surface area (Å²) in [4.78, 5) is 22.2. The zero-order valence-electron chi connectivity index (χ0n) is 12.2. The predicted molar refractivity (Wildman–Crippen MR) is 76.2 cm³/mol. The van der Waals surface area contributed by atoms with Crippen molar-refractivity contribution in [3.8, 4) is 5.75 Å². The highest BCUT2D eigenvalue weighted by Gasteiger charge is 2.44. The first-order chi connectivity index (χ1) is 10.0. The summed E-state index contributed by atoms with van der Waals surface area (Å²) in [7, 11) is -2.78. The molecule has 0 aromatic heterocycles. The van der Waals surface area contributed by atoms with Gasteiger partial charge in [-0.3, -0.25) is 9.59 Å². The summed E-state index contributed by atoms with van der Waals surface area (Å²) in [6.07, 6.45) is 0. The third kappa shape index (κ3) is 3.74. The largest absolute Gasteiger partial charge is 0.497 e. The quantitative estimate of drug-likeness (QED) is 0.664. The number of ether oxygens (including phenoxy) is 1. The van der Waals surface area contributed by atoms with Crippen LogP contribution in [0.2, 0.25) is 0 Å². The number of carboxylic acid groups (broad SMARTS) is 2. The van der Waals surface area contributed by atoms with Crippen LogP contribution in [0.15, 0.2) is 29.2 Å². The van der Waals surface area contributed by atoms with Crippen LogP contribution >= 0.6 is 0 Å². The van der Waals surface area contributed by atoms with Gasteiger partial charge in [0.25, 0.3) is 0 Å². The van der Waals surface area contributed by atoms with Crippen molar-refractivity contribution in [2.75, 3.05) is 7.11 Å². The van der Waals surface area contributed by atoms with Gasteiger partial charge in [0.2, 0.25) is 10.0 Å². The Balaban J connectivity index is 3.16. The molecule has 1 rings (SSSR count). The summed E-state index contributed by atoms with van der Waals surface area (Å²) in [5, 5.41) is 18.2. The van der Waals surface area contributed by atoms with E-state index in [4.69, 9.17) is 14.9 Å². The molecule has 0 aliphatic carbocycles. The number of methoxy groups -OCH3 is 1. The molecule has 0 amide bonds. The van der Waals surface area contributed by atoms with E-state index >= 15 is 0 Å². The Morgan fingerprint density at radius 3 is 2.05 bits per heavy atom. The van der Waals surface area contributed by atoms with E-state index in [2.05, 4.69) is 0 Å². The number of hydrogen-bond acceptors (Lipinski definition) is 5. The molecule has 9 heteroatoms. The van der Waals surface area contributed by atoms with Gasteiger partial charge in [-0.2, -0.15) is 4.72 Å². The summed E-state index contributed by atoms with van der Waals surface area (Å²) in [6.45, 7) is 2.26. The standard InChI is InChI=1S/C13H17NO7S/c1-13(2,12(17)18)10(11(15)16)14-22(19,20)9-6-4-8(21-3)5-7-9/h4-7,10,14H,1-3H3,(H,15,16)(H,17,18). The lowest BCUT2D eigenvalue weighted by Crippen LogP contribution is -2.53. The molecule has 8 nitrogen and oxygen atoms in total. The Bertz CT molecular complexity index is 664. The molecule has 22 heavy (non-hydrogen) atoms. The van der Waals surface area contributed by atoms with Gasteiger partial charge in [0.1, 0.15) is 11.8 Å². The Morgan fingerprint density at radius 2 is 1.68 bits per heavy atom. The summed E-state index contributed by atoms with van der Waals surface area (Å²) in [5.74, 6) is -2.58. The number of nitrogens with one attached hydrogen (secondary N) is 1. The minimum atomic E-state index is -4.20. The van der Waals surface area contributed by atoms with E-state index in [0.29, 0.717) is 5.75 Å². The number of rotatable bonds is 7. The zero-order valence-corrected chi connectivity index (χ0v) is 13.0. The third-order valence-electron chi connectivity index (χ3n) is 3.16. The van der Waals surface area contributed by atoms with E-state index in [1.165, 1.54) is 31.4 Å². The molecule has 0 radical (unpaired) electrons. The molecule has 122 valence electrons. The van der Waals surface area contributed by atoms with E-state index in [1.807, 2.05) is 4.72 Å². The van der Waals surface area contributed by atoms with Gasteiger partial charge < -0.3 is 14.9 Å². The lowest BCUT2D eigenvalue weighted by molar-refractivity contribution is -0.156. The van der Waals surface area contributed by atoms with Crippen molar-refractivity contribution in [2.24, 2.45) is 5.41 Å². The maximum Gasteiger partial charge on any atom is 0.322 e. The minimum absolute atomic E-state index is 0.194. The van der Waals surface area contributed by atoms with Crippen molar-refractivity contribution in [1.29, 1.82) is 0 Å². The number of hydrogen-bond donors (Lipinski definition) is 3. The first-order valence-electron chi connectivity index (χ1n) is 6.15. The molecule has 0 heterocycles. The molecule has 0 fully saturated rings. The molecule has 0 aliphatic rings. The van der Waals surface area contributed by atoms with E-state index in [-0.39, 0.29) is 4.90 Å². The van der Waals surface area contributed by atoms with Gasteiger partial charge in [0.15, 0.2) is 0 Å². The number of carboxylic acids is 2. The van der Waals surface area contributed by atoms with Crippen LogP contribution in [0.1, 0.15) is 13.8 Å². The highest BCUT2D eigenvalue weighted by Crippen LogP contribution is 2.24. The fourth-order valence-electron chi connectivity index (χ4n) is 1.61. The van der Waals surface area contributed by atoms with E-state index in [0.717, 1.165) is 13.8 Å². The summed E-state index contributed by atoms with van der Waals surface area (Å²) < 4.78 is 31.2. The van der Waals surface area contributed by atoms with Crippen molar-refractivity contribution < 1.29 is 33.0 Å². The smallest absolute Gasteiger partial charge is 0.322 e. The Kier molecular flexibility index (Phi) is 5.15. The van der Waals surface area contributed by atoms with Crippen LogP contribution in [0.4, 0.5) is 0 Å². The second-order valence-electron chi connectivity index (χ2n) is 5.09. The molecule has 1 aromatic carbocycles. The van der Waals surface area contributed by atoms with Crippen LogP contribution in [0.25, 0.3) is 0 Å². The Hall–Kier alpha value is -2.13. The van der Waals surface area contributed by atoms with Crippen LogP contribution in [0.3, 0.4) is 0 Å². The van der Waals surface area contributed by atoms with Gasteiger partial charge in [-0.05, 0) is 38.1 Å². The summed E-state index contributed by atoms with van der Waals surface area (Å²) in [5.41, 5.74) is -1.83. The molecule has 0 saturated heterocycles. The van der Waals surface area contributed by atoms with Crippen LogP contribution in [-0.2, 0) is 19.6 Å². The first kappa shape index (κ1) is 17.9. The highest BCUT2D eigenvalue weighted by atomic mass is 32.2. The predicted octanol–water partition coefficient (Wildman–Crippen LogP) is 0.537. The number of sulfonamides is 1. The van der Waals surface area contributed by atoms with Gasteiger partial charge in [-0.15, -0.1) is 0 Å². The van der Waals surface area contributed by atoms with Crippen LogP contribution < -0.4 is 9.46 Å². The number of carbonyl (C=O) groups is 2. The fraction of sp³-hybridized carbons (Fsp3) is 0.385. The van der Waals surface area contributed by atoms with Gasteiger partial charge in [-0.1, -0.05) is 0 Å². The minimum Gasteiger partial charge on any atom is -0.497 e. The van der Waals surface area contributed by atoms with Crippen LogP contribution in [-0.4, -0.2) is 43.7 Å². The maximum absolute atomic E-state index is 12.2. The average Bonchev–Trinajstić information content (AvgIpc) is 2.44. The lowest BCUT2D eigenvalue weighted by atomic mass is 9.85. The molecule has 0 aliphatic heterocycles. The third-order valence-corrected chi connectivity index (χ3v) is 4.60. The van der Waals surface area contributed by atoms with Crippen molar-refractivity contribution >= 4 is 22.0 Å². The molecule has 0 spiro atoms. The van der Waals surface area contributed by atoms with Crippen LogP contribution in [0, 0.1) is 5.41 Å². The summed E-state index contributed by atoms with van der Waals surface area (Å²) >= 11 is 0. The normalized spacial score (nSPS) is 13.4. The van der Waals surface area contributed by atoms with Gasteiger partial charge in [-0.25, -0.2) is 8.42 Å². The van der Waals surface area contributed by atoms with Crippen molar-refractivity contribution in [3.63, 3.8) is 0 Å². The molecule has 1 atom stereocenters. The second-order valence-corrected chi connectivity index (χ2v) is 6.81. The van der Waals surface area contributed by atoms with Crippen LogP contribution in [0.5, 0.6) is 5.75 Å². The second kappa shape index (κ2) is 6.32. The summed E-state index contributed by atoms with van der Waals surface area (Å²) in [6, 6.07) is 3.43. The monoisotopic (exact) mass is 331 g/mol. The topological polar surface area (TPSA) is 130 Å². The molecule has 1 unspecified atom stereocenters. The Morgan fingerprint density at radius 1 is 1.18 bits per heavy atom. The average molecular weight is 331 g/mol. The van der Waals surface area contributed by atoms with Gasteiger partial charge in [0.05, 0.1) is 17.4 Å². The highest BCUT2D eigenvalue weighted by molar-refractivity contribution is 7.89. The van der Waals surface area contributed by atoms with Crippen molar-refractivity contribution in [1.82, 2.24) is 4.72 Å². The lowest BCUT2D eigenvalue weighted by Gasteiger charge is -2.27. The maximum atomic E-state index is 12.2. The number of aliphatic carboxylic acids is 2. The van der Waals surface area contributed by atoms with Crippen molar-refractivity contribution in [2.45, 2.75) is 24.8 Å². The molecule has 1 aromatic rings. The van der Waals surface area contributed by atoms with Crippen molar-refractivity contribution in [3.05, 3.63) is 24.3 Å². The molecule has 3 N–H and O–H groups in total. The SMILES string of the molecule is COc1ccc(S(=O)(=O)NC(C(=O)O)C(C)(C)C(=O)O)cc1. The zero-order chi connectivity index (χ0) is 17.1. The number of benzene rings is 1.